The van der Waals surface area contributed by atoms with Crippen LogP contribution in [0.2, 0.25) is 0 Å². The number of nitriles is 2. The number of nitrogens with zero attached hydrogens (tertiary/aromatic N) is 6. The number of aromatic nitrogens is 1. The van der Waals surface area contributed by atoms with Gasteiger partial charge in [-0.15, -0.1) is 0 Å². The van der Waals surface area contributed by atoms with Gasteiger partial charge in [0.2, 0.25) is 10.0 Å². The quantitative estimate of drug-likeness (QED) is 0.284. The SMILES string of the molecule is CCOc1ccc2nc(N(CCCN(C)C)C(=O)c3ccc(S(=O)(=O)N(CCC#N)CCC#N)cc3)sc2c1. The molecule has 0 bridgehead atoms. The van der Waals surface area contributed by atoms with Gasteiger partial charge in [0.05, 0.1) is 33.9 Å². The number of amides is 1. The lowest BCUT2D eigenvalue weighted by Crippen LogP contribution is -2.34. The smallest absolute Gasteiger partial charge is 0.260 e. The molecule has 2 aromatic carbocycles. The third-order valence-electron chi connectivity index (χ3n) is 5.81. The van der Waals surface area contributed by atoms with Crippen molar-refractivity contribution in [3.05, 3.63) is 48.0 Å². The summed E-state index contributed by atoms with van der Waals surface area (Å²) in [5.41, 5.74) is 1.09. The topological polar surface area (TPSA) is 131 Å². The van der Waals surface area contributed by atoms with Gasteiger partial charge in [0, 0.05) is 38.0 Å². The van der Waals surface area contributed by atoms with Crippen molar-refractivity contribution in [3.8, 4) is 17.9 Å². The maximum absolute atomic E-state index is 13.7. The fourth-order valence-electron chi connectivity index (χ4n) is 3.87. The van der Waals surface area contributed by atoms with E-state index in [0.717, 1.165) is 33.2 Å². The second kappa shape index (κ2) is 14.0. The summed E-state index contributed by atoms with van der Waals surface area (Å²) in [6.45, 7) is 3.66. The zero-order valence-corrected chi connectivity index (χ0v) is 24.0. The number of thiazole rings is 1. The van der Waals surface area contributed by atoms with Crippen molar-refractivity contribution in [1.29, 1.82) is 10.5 Å². The van der Waals surface area contributed by atoms with E-state index < -0.39 is 10.0 Å². The molecule has 0 saturated carbocycles. The third kappa shape index (κ3) is 7.74. The van der Waals surface area contributed by atoms with Gasteiger partial charge >= 0.3 is 0 Å². The van der Waals surface area contributed by atoms with Crippen LogP contribution in [0.15, 0.2) is 47.4 Å². The molecule has 0 aliphatic rings. The summed E-state index contributed by atoms with van der Waals surface area (Å²) in [7, 11) is 0.00231. The Morgan fingerprint density at radius 3 is 2.26 bits per heavy atom. The minimum atomic E-state index is -3.93. The Kier molecular flexibility index (Phi) is 10.8. The van der Waals surface area contributed by atoms with Gasteiger partial charge in [-0.25, -0.2) is 13.4 Å². The van der Waals surface area contributed by atoms with Crippen LogP contribution in [0.1, 0.15) is 36.5 Å². The van der Waals surface area contributed by atoms with Gasteiger partial charge < -0.3 is 9.64 Å². The fourth-order valence-corrected chi connectivity index (χ4v) is 6.33. The Hall–Kier alpha value is -3.55. The number of hydrogen-bond acceptors (Lipinski definition) is 9. The van der Waals surface area contributed by atoms with Crippen LogP contribution in [0.25, 0.3) is 10.2 Å². The Morgan fingerprint density at radius 2 is 1.67 bits per heavy atom. The molecule has 39 heavy (non-hydrogen) atoms. The Morgan fingerprint density at radius 1 is 1.00 bits per heavy atom. The summed E-state index contributed by atoms with van der Waals surface area (Å²) in [5, 5.41) is 18.4. The van der Waals surface area contributed by atoms with E-state index in [4.69, 9.17) is 20.2 Å². The lowest BCUT2D eigenvalue weighted by Gasteiger charge is -2.22. The summed E-state index contributed by atoms with van der Waals surface area (Å²) in [4.78, 5) is 22.0. The van der Waals surface area contributed by atoms with Crippen molar-refractivity contribution in [2.24, 2.45) is 0 Å². The highest BCUT2D eigenvalue weighted by Crippen LogP contribution is 2.32. The average Bonchev–Trinajstić information content (AvgIpc) is 3.34. The minimum Gasteiger partial charge on any atom is -0.494 e. The number of hydrogen-bond donors (Lipinski definition) is 0. The summed E-state index contributed by atoms with van der Waals surface area (Å²) in [6, 6.07) is 15.3. The number of anilines is 1. The van der Waals surface area contributed by atoms with Gasteiger partial charge in [0.15, 0.2) is 5.13 Å². The van der Waals surface area contributed by atoms with E-state index in [1.807, 2.05) is 56.3 Å². The van der Waals surface area contributed by atoms with Crippen molar-refractivity contribution < 1.29 is 17.9 Å². The van der Waals surface area contributed by atoms with Crippen LogP contribution >= 0.6 is 11.3 Å². The van der Waals surface area contributed by atoms with Crippen LogP contribution in [-0.4, -0.2) is 75.4 Å². The molecule has 206 valence electrons. The van der Waals surface area contributed by atoms with Crippen LogP contribution in [0.5, 0.6) is 5.75 Å². The van der Waals surface area contributed by atoms with Crippen LogP contribution in [0.3, 0.4) is 0 Å². The highest BCUT2D eigenvalue weighted by Gasteiger charge is 2.26. The molecule has 0 aliphatic heterocycles. The monoisotopic (exact) mass is 568 g/mol. The Balaban J connectivity index is 1.90. The van der Waals surface area contributed by atoms with E-state index in [-0.39, 0.29) is 36.7 Å². The lowest BCUT2D eigenvalue weighted by molar-refractivity contribution is 0.0986. The standard InChI is InChI=1S/C27H32N6O4S2/c1-4-37-22-10-13-24-25(20-22)38-27(30-24)33(19-7-16-31(2)3)26(34)21-8-11-23(12-9-21)39(35,36)32(17-5-14-28)18-6-15-29/h8-13,20H,4-7,16-19H2,1-3H3. The normalized spacial score (nSPS) is 11.5. The molecule has 3 aromatic rings. The van der Waals surface area contributed by atoms with Crippen LogP contribution < -0.4 is 9.64 Å². The molecule has 0 saturated heterocycles. The van der Waals surface area contributed by atoms with Crippen molar-refractivity contribution in [3.63, 3.8) is 0 Å². The first-order valence-electron chi connectivity index (χ1n) is 12.5. The number of rotatable bonds is 14. The number of benzene rings is 2. The predicted molar refractivity (Wildman–Crippen MR) is 151 cm³/mol. The van der Waals surface area contributed by atoms with Gasteiger partial charge in [0.1, 0.15) is 5.75 Å². The molecule has 3 rings (SSSR count). The molecule has 1 amide bonds. The van der Waals surface area contributed by atoms with Crippen LogP contribution in [0.4, 0.5) is 5.13 Å². The number of ether oxygens (including phenoxy) is 1. The fraction of sp³-hybridized carbons (Fsp3) is 0.407. The Labute approximate surface area is 233 Å². The molecule has 0 aliphatic carbocycles. The van der Waals surface area contributed by atoms with Crippen LogP contribution in [0, 0.1) is 22.7 Å². The second-order valence-corrected chi connectivity index (χ2v) is 11.9. The molecule has 0 fully saturated rings. The van der Waals surface area contributed by atoms with Gasteiger partial charge in [-0.3, -0.25) is 9.69 Å². The molecule has 0 spiro atoms. The molecule has 10 nitrogen and oxygen atoms in total. The van der Waals surface area contributed by atoms with Crippen molar-refractivity contribution in [2.45, 2.75) is 31.1 Å². The first kappa shape index (κ1) is 30.0. The van der Waals surface area contributed by atoms with E-state index in [9.17, 15) is 13.2 Å². The maximum atomic E-state index is 13.7. The summed E-state index contributed by atoms with van der Waals surface area (Å²) >= 11 is 1.40. The summed E-state index contributed by atoms with van der Waals surface area (Å²) in [5.74, 6) is 0.452. The molecule has 0 radical (unpaired) electrons. The van der Waals surface area contributed by atoms with Gasteiger partial charge in [0.25, 0.3) is 5.91 Å². The zero-order valence-electron chi connectivity index (χ0n) is 22.3. The van der Waals surface area contributed by atoms with E-state index in [2.05, 4.69) is 0 Å². The highest BCUT2D eigenvalue weighted by atomic mass is 32.2. The molecule has 1 heterocycles. The average molecular weight is 569 g/mol. The third-order valence-corrected chi connectivity index (χ3v) is 8.76. The lowest BCUT2D eigenvalue weighted by atomic mass is 10.2. The van der Waals surface area contributed by atoms with E-state index in [1.54, 1.807) is 4.90 Å². The number of sulfonamides is 1. The molecule has 12 heteroatoms. The Bertz CT molecular complexity index is 1440. The van der Waals surface area contributed by atoms with Crippen molar-refractivity contribution >= 4 is 42.6 Å². The van der Waals surface area contributed by atoms with Gasteiger partial charge in [-0.05, 0) is 76.4 Å². The largest absolute Gasteiger partial charge is 0.494 e. The summed E-state index contributed by atoms with van der Waals surface area (Å²) < 4.78 is 33.9. The molecule has 0 atom stereocenters. The van der Waals surface area contributed by atoms with Gasteiger partial charge in [-0.1, -0.05) is 11.3 Å². The molecule has 0 unspecified atom stereocenters. The first-order valence-corrected chi connectivity index (χ1v) is 14.8. The number of carbonyl (C=O) groups excluding carboxylic acids is 1. The zero-order chi connectivity index (χ0) is 28.4. The van der Waals surface area contributed by atoms with Crippen LogP contribution in [-0.2, 0) is 10.0 Å². The first-order chi connectivity index (χ1) is 18.7. The molecule has 0 N–H and O–H groups in total. The van der Waals surface area contributed by atoms with Gasteiger partial charge in [-0.2, -0.15) is 14.8 Å². The van der Waals surface area contributed by atoms with E-state index >= 15 is 0 Å². The maximum Gasteiger partial charge on any atom is 0.260 e. The summed E-state index contributed by atoms with van der Waals surface area (Å²) in [6.07, 6.45) is 0.743. The van der Waals surface area contributed by atoms with Crippen molar-refractivity contribution in [1.82, 2.24) is 14.2 Å². The highest BCUT2D eigenvalue weighted by molar-refractivity contribution is 7.89. The number of carbonyl (C=O) groups is 1. The molecule has 1 aromatic heterocycles. The van der Waals surface area contributed by atoms with Crippen molar-refractivity contribution in [2.75, 3.05) is 51.8 Å². The van der Waals surface area contributed by atoms with E-state index in [1.165, 1.54) is 35.6 Å². The predicted octanol–water partition coefficient (Wildman–Crippen LogP) is 4.11. The van der Waals surface area contributed by atoms with E-state index in [0.29, 0.717) is 23.8 Å². The molecular formula is C27H32N6O4S2. The number of fused-ring (bicyclic) bond motifs is 1. The minimum absolute atomic E-state index is 0.00229. The second-order valence-electron chi connectivity index (χ2n) is 8.92. The molecular weight excluding hydrogens is 536 g/mol.